The van der Waals surface area contributed by atoms with Gasteiger partial charge in [-0.3, -0.25) is 37.3 Å². The van der Waals surface area contributed by atoms with Gasteiger partial charge in [-0.15, -0.1) is 0 Å². The maximum absolute atomic E-state index is 13.0. The van der Waals surface area contributed by atoms with Crippen molar-refractivity contribution in [3.63, 3.8) is 0 Å². The van der Waals surface area contributed by atoms with Crippen LogP contribution in [0.15, 0.2) is 0 Å². The minimum atomic E-state index is -4.94. The SMILES string of the molecule is CCCCCCCCCCCCCCCCCC(=O)O[C@H](COC(=O)CCCCCCCCCCCCC(C)CC)COP(=O)(O)OC[C@@H](O)COP(=O)(O)OC[C@@H](COC(=O)CCCCCCCCC)OC(=O)CCCCCCCCC. The second-order valence-corrected chi connectivity index (χ2v) is 26.3. The summed E-state index contributed by atoms with van der Waals surface area (Å²) in [6.07, 6.45) is 41.8. The van der Waals surface area contributed by atoms with Crippen molar-refractivity contribution in [2.75, 3.05) is 39.6 Å². The van der Waals surface area contributed by atoms with E-state index < -0.39 is 97.5 Å². The van der Waals surface area contributed by atoms with Crippen LogP contribution >= 0.6 is 15.6 Å². The van der Waals surface area contributed by atoms with E-state index in [4.69, 9.17) is 37.0 Å². The van der Waals surface area contributed by atoms with Crippen LogP contribution in [0.25, 0.3) is 0 Å². The molecule has 492 valence electrons. The van der Waals surface area contributed by atoms with Crippen molar-refractivity contribution in [1.29, 1.82) is 0 Å². The van der Waals surface area contributed by atoms with Crippen molar-refractivity contribution in [1.82, 2.24) is 0 Å². The Labute approximate surface area is 505 Å². The maximum Gasteiger partial charge on any atom is 0.472 e. The average molecular weight is 1230 g/mol. The summed E-state index contributed by atoms with van der Waals surface area (Å²) in [5, 5.41) is 10.5. The summed E-state index contributed by atoms with van der Waals surface area (Å²) in [5.41, 5.74) is 0. The molecule has 0 aromatic carbocycles. The van der Waals surface area contributed by atoms with Crippen molar-refractivity contribution in [2.45, 2.75) is 342 Å². The minimum Gasteiger partial charge on any atom is -0.462 e. The Balaban J connectivity index is 5.18. The molecule has 0 aliphatic heterocycles. The fraction of sp³-hybridized carbons (Fsp3) is 0.938. The molecular weight excluding hydrogens is 1100 g/mol. The molecule has 0 heterocycles. The van der Waals surface area contributed by atoms with E-state index in [0.29, 0.717) is 25.7 Å². The fourth-order valence-corrected chi connectivity index (χ4v) is 11.1. The summed E-state index contributed by atoms with van der Waals surface area (Å²) in [4.78, 5) is 72.0. The number of carbonyl (C=O) groups excluding carboxylic acids is 4. The van der Waals surface area contributed by atoms with Gasteiger partial charge in [0.1, 0.15) is 19.3 Å². The van der Waals surface area contributed by atoms with Gasteiger partial charge in [0, 0.05) is 25.7 Å². The van der Waals surface area contributed by atoms with Gasteiger partial charge in [0.05, 0.1) is 26.4 Å². The number of rotatable bonds is 64. The molecule has 0 aliphatic carbocycles. The standard InChI is InChI=1S/C64H124O17P2/c1-6-10-13-16-19-20-21-22-23-24-25-30-35-40-45-50-64(69)81-60(54-75-62(67)48-43-38-34-29-27-26-28-33-36-41-46-57(5)9-4)56-79-83(72,73)77-52-58(65)51-76-82(70,71)78-55-59(80-63(68)49-44-39-32-18-15-12-8-3)53-74-61(66)47-42-37-31-17-14-11-7-2/h57-60,65H,6-56H2,1-5H3,(H,70,71)(H,72,73)/t57?,58-,59+,60+/m0/s1. The van der Waals surface area contributed by atoms with Crippen LogP contribution in [0, 0.1) is 5.92 Å². The van der Waals surface area contributed by atoms with Crippen molar-refractivity contribution in [3.8, 4) is 0 Å². The van der Waals surface area contributed by atoms with Crippen LogP contribution in [0.3, 0.4) is 0 Å². The predicted octanol–water partition coefficient (Wildman–Crippen LogP) is 17.8. The third kappa shape index (κ3) is 57.6. The summed E-state index contributed by atoms with van der Waals surface area (Å²) in [7, 11) is -9.88. The van der Waals surface area contributed by atoms with Crippen LogP contribution in [0.4, 0.5) is 0 Å². The normalized spacial score (nSPS) is 14.6. The second kappa shape index (κ2) is 57.8. The minimum absolute atomic E-state index is 0.103. The second-order valence-electron chi connectivity index (χ2n) is 23.4. The van der Waals surface area contributed by atoms with Gasteiger partial charge in [-0.25, -0.2) is 9.13 Å². The molecule has 19 heteroatoms. The van der Waals surface area contributed by atoms with E-state index in [1.807, 2.05) is 0 Å². The van der Waals surface area contributed by atoms with Crippen LogP contribution < -0.4 is 0 Å². The first-order valence-electron chi connectivity index (χ1n) is 33.7. The van der Waals surface area contributed by atoms with Gasteiger partial charge < -0.3 is 33.8 Å². The molecular formula is C64H124O17P2. The summed E-state index contributed by atoms with van der Waals surface area (Å²) in [5.74, 6) is -1.33. The molecule has 0 rings (SSSR count). The number of carbonyl (C=O) groups is 4. The third-order valence-corrected chi connectivity index (χ3v) is 17.0. The van der Waals surface area contributed by atoms with E-state index in [-0.39, 0.29) is 25.7 Å². The number of unbranched alkanes of at least 4 members (excludes halogenated alkanes) is 35. The van der Waals surface area contributed by atoms with Gasteiger partial charge >= 0.3 is 39.5 Å². The summed E-state index contributed by atoms with van der Waals surface area (Å²) in [6.45, 7) is 7.15. The van der Waals surface area contributed by atoms with Crippen LogP contribution in [0.5, 0.6) is 0 Å². The number of hydrogen-bond donors (Lipinski definition) is 3. The number of hydrogen-bond acceptors (Lipinski definition) is 15. The lowest BCUT2D eigenvalue weighted by molar-refractivity contribution is -0.161. The summed E-state index contributed by atoms with van der Waals surface area (Å²) in [6, 6.07) is 0. The monoisotopic (exact) mass is 1230 g/mol. The molecule has 0 aromatic rings. The topological polar surface area (TPSA) is 237 Å². The van der Waals surface area contributed by atoms with E-state index >= 15 is 0 Å². The smallest absolute Gasteiger partial charge is 0.462 e. The van der Waals surface area contributed by atoms with Gasteiger partial charge in [0.2, 0.25) is 0 Å². The lowest BCUT2D eigenvalue weighted by Crippen LogP contribution is -2.30. The quantitative estimate of drug-likeness (QED) is 0.0222. The first-order valence-corrected chi connectivity index (χ1v) is 36.7. The first kappa shape index (κ1) is 81.1. The van der Waals surface area contributed by atoms with Crippen molar-refractivity contribution in [2.24, 2.45) is 5.92 Å². The Hall–Kier alpha value is -1.94. The molecule has 0 fully saturated rings. The zero-order chi connectivity index (χ0) is 61.3. The predicted molar refractivity (Wildman–Crippen MR) is 331 cm³/mol. The highest BCUT2D eigenvalue weighted by molar-refractivity contribution is 7.47. The molecule has 0 bridgehead atoms. The Morgan fingerprint density at radius 1 is 0.337 bits per heavy atom. The fourth-order valence-electron chi connectivity index (χ4n) is 9.55. The lowest BCUT2D eigenvalue weighted by Gasteiger charge is -2.21. The molecule has 0 spiro atoms. The summed E-state index contributed by atoms with van der Waals surface area (Å²) >= 11 is 0. The first-order chi connectivity index (χ1) is 40.1. The van der Waals surface area contributed by atoms with E-state index in [1.54, 1.807) is 0 Å². The molecule has 6 atom stereocenters. The lowest BCUT2D eigenvalue weighted by atomic mass is 9.99. The molecule has 3 N–H and O–H groups in total. The van der Waals surface area contributed by atoms with Crippen LogP contribution in [0.2, 0.25) is 0 Å². The Morgan fingerprint density at radius 2 is 0.578 bits per heavy atom. The van der Waals surface area contributed by atoms with E-state index in [2.05, 4.69) is 34.6 Å². The third-order valence-electron chi connectivity index (χ3n) is 15.1. The zero-order valence-corrected chi connectivity index (χ0v) is 55.1. The molecule has 0 amide bonds. The van der Waals surface area contributed by atoms with E-state index in [9.17, 15) is 43.2 Å². The number of ether oxygens (including phenoxy) is 4. The van der Waals surface area contributed by atoms with Crippen molar-refractivity contribution in [3.05, 3.63) is 0 Å². The molecule has 0 aromatic heterocycles. The molecule has 83 heavy (non-hydrogen) atoms. The molecule has 0 saturated carbocycles. The highest BCUT2D eigenvalue weighted by atomic mass is 31.2. The summed E-state index contributed by atoms with van der Waals surface area (Å²) < 4.78 is 67.8. The van der Waals surface area contributed by atoms with Crippen molar-refractivity contribution < 1.29 is 80.2 Å². The number of aliphatic hydroxyl groups is 1. The van der Waals surface area contributed by atoms with Gasteiger partial charge in [0.25, 0.3) is 0 Å². The number of phosphoric ester groups is 2. The average Bonchev–Trinajstić information content (AvgIpc) is 3.47. The highest BCUT2D eigenvalue weighted by Crippen LogP contribution is 2.45. The number of esters is 4. The Morgan fingerprint density at radius 3 is 0.855 bits per heavy atom. The van der Waals surface area contributed by atoms with Crippen LogP contribution in [-0.4, -0.2) is 96.7 Å². The van der Waals surface area contributed by atoms with E-state index in [1.165, 1.54) is 122 Å². The highest BCUT2D eigenvalue weighted by Gasteiger charge is 2.30. The Bertz CT molecular complexity index is 1620. The van der Waals surface area contributed by atoms with Gasteiger partial charge in [-0.1, -0.05) is 272 Å². The molecule has 0 radical (unpaired) electrons. The molecule has 0 aliphatic rings. The van der Waals surface area contributed by atoms with Crippen LogP contribution in [-0.2, 0) is 65.4 Å². The Kier molecular flexibility index (Phi) is 56.4. The molecule has 3 unspecified atom stereocenters. The van der Waals surface area contributed by atoms with Gasteiger partial charge in [-0.2, -0.15) is 0 Å². The number of phosphoric acid groups is 2. The van der Waals surface area contributed by atoms with Crippen LogP contribution in [0.1, 0.15) is 324 Å². The largest absolute Gasteiger partial charge is 0.472 e. The van der Waals surface area contributed by atoms with Gasteiger partial charge in [0.15, 0.2) is 12.2 Å². The van der Waals surface area contributed by atoms with Crippen molar-refractivity contribution >= 4 is 39.5 Å². The van der Waals surface area contributed by atoms with E-state index in [0.717, 1.165) is 121 Å². The zero-order valence-electron chi connectivity index (χ0n) is 53.3. The number of aliphatic hydroxyl groups excluding tert-OH is 1. The maximum atomic E-state index is 13.0. The molecule has 0 saturated heterocycles. The van der Waals surface area contributed by atoms with Gasteiger partial charge in [-0.05, 0) is 31.6 Å². The molecule has 17 nitrogen and oxygen atoms in total.